The molecule has 2 rings (SSSR count). The van der Waals surface area contributed by atoms with E-state index in [0.29, 0.717) is 11.3 Å². The van der Waals surface area contributed by atoms with E-state index in [1.807, 2.05) is 26.0 Å². The number of allylic oxidation sites excluding steroid dienone is 1. The fourth-order valence-corrected chi connectivity index (χ4v) is 1.58. The van der Waals surface area contributed by atoms with Crippen molar-refractivity contribution in [2.24, 2.45) is 0 Å². The van der Waals surface area contributed by atoms with Crippen molar-refractivity contribution in [3.63, 3.8) is 0 Å². The van der Waals surface area contributed by atoms with Gasteiger partial charge in [0.15, 0.2) is 0 Å². The molecule has 1 aromatic carbocycles. The quantitative estimate of drug-likeness (QED) is 0.708. The highest BCUT2D eigenvalue weighted by Gasteiger charge is 2.27. The second-order valence-corrected chi connectivity index (χ2v) is 3.81. The highest BCUT2D eigenvalue weighted by atomic mass is 16.2. The van der Waals surface area contributed by atoms with Crippen molar-refractivity contribution >= 4 is 23.5 Å². The Morgan fingerprint density at radius 1 is 1.27 bits per heavy atom. The van der Waals surface area contributed by atoms with Crippen molar-refractivity contribution in [1.29, 1.82) is 0 Å². The average molecular weight is 201 g/mol. The molecule has 0 bridgehead atoms. The third kappa shape index (κ3) is 1.68. The van der Waals surface area contributed by atoms with Crippen molar-refractivity contribution in [3.8, 4) is 0 Å². The molecule has 0 saturated carbocycles. The molecule has 0 saturated heterocycles. The average Bonchev–Trinajstić information content (AvgIpc) is 2.43. The SMILES string of the molecule is CC(C)=Cc1ccc2c(c1)C(=O)C(=O)N2. The van der Waals surface area contributed by atoms with Crippen LogP contribution >= 0.6 is 0 Å². The van der Waals surface area contributed by atoms with Crippen LogP contribution in [0.4, 0.5) is 5.69 Å². The van der Waals surface area contributed by atoms with E-state index in [9.17, 15) is 9.59 Å². The van der Waals surface area contributed by atoms with E-state index in [0.717, 1.165) is 11.1 Å². The third-order valence-electron chi connectivity index (χ3n) is 2.20. The van der Waals surface area contributed by atoms with Gasteiger partial charge in [0.1, 0.15) is 0 Å². The number of ketones is 1. The maximum atomic E-state index is 11.4. The largest absolute Gasteiger partial charge is 0.318 e. The van der Waals surface area contributed by atoms with Gasteiger partial charge in [-0.05, 0) is 31.5 Å². The number of benzene rings is 1. The summed E-state index contributed by atoms with van der Waals surface area (Å²) in [6, 6.07) is 5.38. The van der Waals surface area contributed by atoms with Gasteiger partial charge in [0.05, 0.1) is 11.3 Å². The molecule has 3 nitrogen and oxygen atoms in total. The maximum Gasteiger partial charge on any atom is 0.296 e. The van der Waals surface area contributed by atoms with Crippen LogP contribution in [-0.2, 0) is 4.79 Å². The fourth-order valence-electron chi connectivity index (χ4n) is 1.58. The van der Waals surface area contributed by atoms with Crippen LogP contribution < -0.4 is 5.32 Å². The Morgan fingerprint density at radius 2 is 2.00 bits per heavy atom. The van der Waals surface area contributed by atoms with E-state index < -0.39 is 11.7 Å². The highest BCUT2D eigenvalue weighted by Crippen LogP contribution is 2.24. The summed E-state index contributed by atoms with van der Waals surface area (Å²) in [7, 11) is 0. The van der Waals surface area contributed by atoms with Crippen LogP contribution in [0.15, 0.2) is 23.8 Å². The minimum Gasteiger partial charge on any atom is -0.318 e. The van der Waals surface area contributed by atoms with Crippen LogP contribution in [0.5, 0.6) is 0 Å². The molecular weight excluding hydrogens is 190 g/mol. The van der Waals surface area contributed by atoms with Crippen molar-refractivity contribution < 1.29 is 9.59 Å². The first-order valence-electron chi connectivity index (χ1n) is 4.72. The minimum atomic E-state index is -0.542. The van der Waals surface area contributed by atoms with E-state index >= 15 is 0 Å². The Bertz CT molecular complexity index is 482. The lowest BCUT2D eigenvalue weighted by Gasteiger charge is -1.99. The molecule has 1 aliphatic rings. The van der Waals surface area contributed by atoms with Gasteiger partial charge < -0.3 is 5.32 Å². The molecular formula is C12H11NO2. The molecule has 0 aliphatic carbocycles. The fraction of sp³-hybridized carbons (Fsp3) is 0.167. The van der Waals surface area contributed by atoms with Gasteiger partial charge in [-0.1, -0.05) is 17.7 Å². The number of fused-ring (bicyclic) bond motifs is 1. The number of nitrogens with one attached hydrogen (secondary N) is 1. The Hall–Kier alpha value is -1.90. The number of hydrogen-bond donors (Lipinski definition) is 1. The molecule has 0 aromatic heterocycles. The zero-order valence-corrected chi connectivity index (χ0v) is 8.63. The van der Waals surface area contributed by atoms with Crippen LogP contribution in [0, 0.1) is 0 Å². The lowest BCUT2D eigenvalue weighted by Crippen LogP contribution is -2.12. The smallest absolute Gasteiger partial charge is 0.296 e. The van der Waals surface area contributed by atoms with Crippen LogP contribution in [0.1, 0.15) is 29.8 Å². The number of hydrogen-bond acceptors (Lipinski definition) is 2. The van der Waals surface area contributed by atoms with Crippen LogP contribution in [0.25, 0.3) is 6.08 Å². The summed E-state index contributed by atoms with van der Waals surface area (Å²) in [6.45, 7) is 3.97. The van der Waals surface area contributed by atoms with Crippen LogP contribution in [0.3, 0.4) is 0 Å². The number of rotatable bonds is 1. The molecule has 0 atom stereocenters. The maximum absolute atomic E-state index is 11.4. The molecule has 76 valence electrons. The first-order valence-corrected chi connectivity index (χ1v) is 4.72. The Labute approximate surface area is 87.8 Å². The molecule has 0 radical (unpaired) electrons. The number of carbonyl (C=O) groups is 2. The standard InChI is InChI=1S/C12H11NO2/c1-7(2)5-8-3-4-10-9(6-8)11(14)12(15)13-10/h3-6H,1-2H3,(H,13,14,15). The van der Waals surface area contributed by atoms with Gasteiger partial charge in [0, 0.05) is 0 Å². The van der Waals surface area contributed by atoms with Crippen molar-refractivity contribution in [3.05, 3.63) is 34.9 Å². The molecule has 1 amide bonds. The summed E-state index contributed by atoms with van der Waals surface area (Å²) in [6.07, 6.45) is 1.97. The normalized spacial score (nSPS) is 13.5. The monoisotopic (exact) mass is 201 g/mol. The van der Waals surface area contributed by atoms with Gasteiger partial charge in [-0.25, -0.2) is 0 Å². The number of Topliss-reactive ketones (excluding diaryl/α,β-unsaturated/α-hetero) is 1. The van der Waals surface area contributed by atoms with Crippen LogP contribution in [0.2, 0.25) is 0 Å². The second-order valence-electron chi connectivity index (χ2n) is 3.81. The van der Waals surface area contributed by atoms with Gasteiger partial charge >= 0.3 is 0 Å². The number of anilines is 1. The molecule has 1 N–H and O–H groups in total. The van der Waals surface area contributed by atoms with Gasteiger partial charge in [0.25, 0.3) is 11.7 Å². The molecule has 1 aromatic rings. The van der Waals surface area contributed by atoms with Crippen molar-refractivity contribution in [2.45, 2.75) is 13.8 Å². The molecule has 0 spiro atoms. The van der Waals surface area contributed by atoms with Gasteiger partial charge in [-0.2, -0.15) is 0 Å². The first kappa shape index (κ1) is 9.65. The summed E-state index contributed by atoms with van der Waals surface area (Å²) >= 11 is 0. The Balaban J connectivity index is 2.49. The minimum absolute atomic E-state index is 0.450. The molecule has 1 heterocycles. The van der Waals surface area contributed by atoms with Gasteiger partial charge in [0.2, 0.25) is 0 Å². The van der Waals surface area contributed by atoms with E-state index in [4.69, 9.17) is 0 Å². The van der Waals surface area contributed by atoms with E-state index in [1.54, 1.807) is 12.1 Å². The molecule has 0 fully saturated rings. The van der Waals surface area contributed by atoms with Gasteiger partial charge in [-0.3, -0.25) is 9.59 Å². The van der Waals surface area contributed by atoms with Crippen LogP contribution in [-0.4, -0.2) is 11.7 Å². The molecule has 3 heteroatoms. The third-order valence-corrected chi connectivity index (χ3v) is 2.20. The van der Waals surface area contributed by atoms with Crippen molar-refractivity contribution in [1.82, 2.24) is 0 Å². The van der Waals surface area contributed by atoms with Crippen molar-refractivity contribution in [2.75, 3.05) is 5.32 Å². The lowest BCUT2D eigenvalue weighted by atomic mass is 10.1. The first-order chi connectivity index (χ1) is 7.08. The highest BCUT2D eigenvalue weighted by molar-refractivity contribution is 6.51. The Kier molecular flexibility index (Phi) is 2.15. The summed E-state index contributed by atoms with van der Waals surface area (Å²) < 4.78 is 0. The summed E-state index contributed by atoms with van der Waals surface area (Å²) in [5.74, 6) is -0.992. The zero-order chi connectivity index (χ0) is 11.0. The summed E-state index contributed by atoms with van der Waals surface area (Å²) in [5, 5.41) is 2.52. The summed E-state index contributed by atoms with van der Waals surface area (Å²) in [5.41, 5.74) is 3.17. The van der Waals surface area contributed by atoms with Gasteiger partial charge in [-0.15, -0.1) is 0 Å². The molecule has 15 heavy (non-hydrogen) atoms. The topological polar surface area (TPSA) is 46.2 Å². The molecule has 1 aliphatic heterocycles. The zero-order valence-electron chi connectivity index (χ0n) is 8.63. The summed E-state index contributed by atoms with van der Waals surface area (Å²) in [4.78, 5) is 22.5. The molecule has 0 unspecified atom stereocenters. The van der Waals surface area contributed by atoms with E-state index in [-0.39, 0.29) is 0 Å². The van der Waals surface area contributed by atoms with E-state index in [1.165, 1.54) is 0 Å². The second kappa shape index (κ2) is 3.35. The Morgan fingerprint density at radius 3 is 2.67 bits per heavy atom. The van der Waals surface area contributed by atoms with E-state index in [2.05, 4.69) is 5.32 Å². The number of carbonyl (C=O) groups excluding carboxylic acids is 2. The lowest BCUT2D eigenvalue weighted by molar-refractivity contribution is -0.112. The number of amides is 1. The predicted molar refractivity (Wildman–Crippen MR) is 58.7 cm³/mol. The predicted octanol–water partition coefficient (Wildman–Crippen LogP) is 2.24.